The molecule has 0 unspecified atom stereocenters. The number of likely N-dealkylation sites (N-methyl/N-ethyl adjacent to an activating group) is 1. The maximum absolute atomic E-state index is 12.6. The summed E-state index contributed by atoms with van der Waals surface area (Å²) < 4.78 is 46.1. The Morgan fingerprint density at radius 2 is 1.95 bits per heavy atom. The van der Waals surface area contributed by atoms with Crippen molar-refractivity contribution < 1.29 is 27.4 Å². The molecule has 0 bridgehead atoms. The van der Waals surface area contributed by atoms with Crippen molar-refractivity contribution in [2.24, 2.45) is 0 Å². The van der Waals surface area contributed by atoms with Crippen LogP contribution in [0.5, 0.6) is 5.75 Å². The van der Waals surface area contributed by atoms with Gasteiger partial charge in [0, 0.05) is 6.54 Å². The van der Waals surface area contributed by atoms with Crippen molar-refractivity contribution in [3.8, 4) is 5.75 Å². The van der Waals surface area contributed by atoms with Crippen LogP contribution in [-0.4, -0.2) is 39.0 Å². The second kappa shape index (κ2) is 6.98. The zero-order valence-electron chi connectivity index (χ0n) is 10.3. The maximum atomic E-state index is 12.6. The third kappa shape index (κ3) is 5.17. The smallest absolute Gasteiger partial charge is 0.427 e. The Labute approximate surface area is 108 Å². The Morgan fingerprint density at radius 1 is 1.32 bits per heavy atom. The van der Waals surface area contributed by atoms with Gasteiger partial charge in [-0.05, 0) is 31.3 Å². The van der Waals surface area contributed by atoms with E-state index in [1.54, 1.807) is 7.05 Å². The van der Waals surface area contributed by atoms with Crippen LogP contribution >= 0.6 is 0 Å². The second-order valence-corrected chi connectivity index (χ2v) is 3.64. The summed E-state index contributed by atoms with van der Waals surface area (Å²) in [6.45, 7) is -1.20. The molecule has 0 aliphatic rings. The van der Waals surface area contributed by atoms with Crippen molar-refractivity contribution in [3.63, 3.8) is 0 Å². The minimum Gasteiger partial charge on any atom is -0.461 e. The zero-order chi connectivity index (χ0) is 14.3. The lowest BCUT2D eigenvalue weighted by Crippen LogP contribution is -2.26. The first kappa shape index (κ1) is 15.3. The molecule has 0 aliphatic heterocycles. The normalized spacial score (nSPS) is 11.2. The number of halogens is 3. The number of hydrogen-bond donors (Lipinski definition) is 1. The number of alkyl halides is 3. The van der Waals surface area contributed by atoms with Crippen LogP contribution in [0.2, 0.25) is 0 Å². The van der Waals surface area contributed by atoms with Gasteiger partial charge in [-0.2, -0.15) is 8.78 Å². The summed E-state index contributed by atoms with van der Waals surface area (Å²) in [5, 5.41) is 2.80. The molecule has 106 valence electrons. The molecule has 0 saturated heterocycles. The predicted molar refractivity (Wildman–Crippen MR) is 62.2 cm³/mol. The first-order chi connectivity index (χ1) is 8.98. The van der Waals surface area contributed by atoms with E-state index in [2.05, 4.69) is 10.1 Å². The lowest BCUT2D eigenvalue weighted by molar-refractivity contribution is -0.186. The highest BCUT2D eigenvalue weighted by Gasteiger charge is 2.31. The van der Waals surface area contributed by atoms with Gasteiger partial charge in [0.05, 0.1) is 5.56 Å². The molecule has 0 saturated carbocycles. The lowest BCUT2D eigenvalue weighted by Gasteiger charge is -2.14. The lowest BCUT2D eigenvalue weighted by atomic mass is 10.2. The summed E-state index contributed by atoms with van der Waals surface area (Å²) in [6.07, 6.45) is -3.87. The average Bonchev–Trinajstić information content (AvgIpc) is 2.39. The van der Waals surface area contributed by atoms with Crippen LogP contribution in [0.25, 0.3) is 0 Å². The highest BCUT2D eigenvalue weighted by atomic mass is 19.3. The summed E-state index contributed by atoms with van der Waals surface area (Å²) in [5.41, 5.74) is 0.201. The average molecular weight is 277 g/mol. The van der Waals surface area contributed by atoms with Gasteiger partial charge < -0.3 is 14.8 Å². The molecule has 0 aliphatic carbocycles. The van der Waals surface area contributed by atoms with Crippen LogP contribution in [0.4, 0.5) is 13.2 Å². The van der Waals surface area contributed by atoms with Crippen molar-refractivity contribution in [2.45, 2.75) is 6.11 Å². The van der Waals surface area contributed by atoms with Gasteiger partial charge in [0.2, 0.25) is 0 Å². The topological polar surface area (TPSA) is 47.6 Å². The molecule has 7 heteroatoms. The van der Waals surface area contributed by atoms with Crippen LogP contribution in [0.1, 0.15) is 10.4 Å². The predicted octanol–water partition coefficient (Wildman–Crippen LogP) is 2.00. The molecule has 19 heavy (non-hydrogen) atoms. The summed E-state index contributed by atoms with van der Waals surface area (Å²) >= 11 is 0. The Kier molecular flexibility index (Phi) is 5.62. The quantitative estimate of drug-likeness (QED) is 0.611. The summed E-state index contributed by atoms with van der Waals surface area (Å²) in [4.78, 5) is 11.5. The van der Waals surface area contributed by atoms with Crippen molar-refractivity contribution in [1.29, 1.82) is 0 Å². The highest BCUT2D eigenvalue weighted by molar-refractivity contribution is 5.89. The summed E-state index contributed by atoms with van der Waals surface area (Å²) in [5.74, 6) is -0.798. The van der Waals surface area contributed by atoms with E-state index in [1.165, 1.54) is 12.1 Å². The number of hydrogen-bond acceptors (Lipinski definition) is 4. The fraction of sp³-hybridized carbons (Fsp3) is 0.417. The van der Waals surface area contributed by atoms with Gasteiger partial charge in [-0.1, -0.05) is 0 Å². The van der Waals surface area contributed by atoms with E-state index >= 15 is 0 Å². The minimum atomic E-state index is -3.87. The number of carbonyl (C=O) groups excluding carboxylic acids is 1. The molecule has 0 spiro atoms. The van der Waals surface area contributed by atoms with Crippen molar-refractivity contribution in [2.75, 3.05) is 26.9 Å². The summed E-state index contributed by atoms with van der Waals surface area (Å²) in [6, 6.07) is 4.84. The van der Waals surface area contributed by atoms with Gasteiger partial charge in [-0.25, -0.2) is 9.18 Å². The molecule has 1 N–H and O–H groups in total. The fourth-order valence-corrected chi connectivity index (χ4v) is 1.19. The Morgan fingerprint density at radius 3 is 2.47 bits per heavy atom. The molecule has 4 nitrogen and oxygen atoms in total. The van der Waals surface area contributed by atoms with Crippen LogP contribution in [-0.2, 0) is 4.74 Å². The van der Waals surface area contributed by atoms with E-state index in [0.29, 0.717) is 6.54 Å². The number of rotatable bonds is 7. The Balaban J connectivity index is 2.58. The molecule has 0 atom stereocenters. The SMILES string of the molecule is CNCCOC(=O)c1ccc(OC(F)(F)CF)cc1. The van der Waals surface area contributed by atoms with E-state index in [9.17, 15) is 18.0 Å². The van der Waals surface area contributed by atoms with Crippen LogP contribution in [0.15, 0.2) is 24.3 Å². The number of esters is 1. The van der Waals surface area contributed by atoms with Gasteiger partial charge in [-0.15, -0.1) is 0 Å². The van der Waals surface area contributed by atoms with E-state index in [-0.39, 0.29) is 17.9 Å². The fourth-order valence-electron chi connectivity index (χ4n) is 1.19. The van der Waals surface area contributed by atoms with Crippen molar-refractivity contribution >= 4 is 5.97 Å². The number of benzene rings is 1. The van der Waals surface area contributed by atoms with E-state index in [0.717, 1.165) is 12.1 Å². The van der Waals surface area contributed by atoms with Crippen molar-refractivity contribution in [3.05, 3.63) is 29.8 Å². The van der Waals surface area contributed by atoms with E-state index < -0.39 is 18.8 Å². The Hall–Kier alpha value is -1.76. The largest absolute Gasteiger partial charge is 0.461 e. The molecule has 1 aromatic rings. The van der Waals surface area contributed by atoms with Crippen LogP contribution < -0.4 is 10.1 Å². The zero-order valence-corrected chi connectivity index (χ0v) is 10.3. The van der Waals surface area contributed by atoms with Gasteiger partial charge in [0.15, 0.2) is 6.67 Å². The monoisotopic (exact) mass is 277 g/mol. The third-order valence-corrected chi connectivity index (χ3v) is 2.10. The third-order valence-electron chi connectivity index (χ3n) is 2.10. The van der Waals surface area contributed by atoms with Crippen LogP contribution in [0.3, 0.4) is 0 Å². The molecule has 0 fully saturated rings. The van der Waals surface area contributed by atoms with Gasteiger partial charge in [0.1, 0.15) is 12.4 Å². The molecule has 1 rings (SSSR count). The van der Waals surface area contributed by atoms with Gasteiger partial charge in [0.25, 0.3) is 0 Å². The molecular weight excluding hydrogens is 263 g/mol. The highest BCUT2D eigenvalue weighted by Crippen LogP contribution is 2.22. The molecule has 0 amide bonds. The minimum absolute atomic E-state index is 0.201. The van der Waals surface area contributed by atoms with Gasteiger partial charge in [-0.3, -0.25) is 0 Å². The first-order valence-corrected chi connectivity index (χ1v) is 5.53. The molecule has 0 aromatic heterocycles. The van der Waals surface area contributed by atoms with Crippen LogP contribution in [0, 0.1) is 0 Å². The maximum Gasteiger partial charge on any atom is 0.427 e. The van der Waals surface area contributed by atoms with Crippen molar-refractivity contribution in [1.82, 2.24) is 5.32 Å². The Bertz CT molecular complexity index is 409. The number of nitrogens with one attached hydrogen (secondary N) is 1. The number of carbonyl (C=O) groups is 1. The van der Waals surface area contributed by atoms with Gasteiger partial charge >= 0.3 is 12.1 Å². The molecule has 0 heterocycles. The van der Waals surface area contributed by atoms with E-state index in [1.807, 2.05) is 0 Å². The number of ether oxygens (including phenoxy) is 2. The molecular formula is C12H14F3NO3. The first-order valence-electron chi connectivity index (χ1n) is 5.53. The second-order valence-electron chi connectivity index (χ2n) is 3.64. The molecule has 0 radical (unpaired) electrons. The summed E-state index contributed by atoms with van der Waals surface area (Å²) in [7, 11) is 1.71. The standard InChI is InChI=1S/C12H14F3NO3/c1-16-6-7-18-11(17)9-2-4-10(5-3-9)19-12(14,15)8-13/h2-5,16H,6-8H2,1H3. The molecule has 1 aromatic carbocycles. The van der Waals surface area contributed by atoms with E-state index in [4.69, 9.17) is 4.74 Å².